The molecule has 1 nitrogen and oxygen atoms in total. The van der Waals surface area contributed by atoms with Crippen molar-refractivity contribution in [2.45, 2.75) is 19.3 Å². The Kier molecular flexibility index (Phi) is 4.63. The van der Waals surface area contributed by atoms with Crippen molar-refractivity contribution in [2.24, 2.45) is 0 Å². The van der Waals surface area contributed by atoms with E-state index in [-0.39, 0.29) is 0 Å². The molecule has 0 saturated carbocycles. The quantitative estimate of drug-likeness (QED) is 0.775. The van der Waals surface area contributed by atoms with Crippen molar-refractivity contribution in [3.05, 3.63) is 28.8 Å². The Labute approximate surface area is 95.8 Å². The lowest BCUT2D eigenvalue weighted by Gasteiger charge is -2.14. The van der Waals surface area contributed by atoms with E-state index in [1.54, 1.807) is 7.11 Å². The van der Waals surface area contributed by atoms with Crippen LogP contribution >= 0.6 is 24.2 Å². The van der Waals surface area contributed by atoms with Crippen molar-refractivity contribution in [3.8, 4) is 5.75 Å². The smallest absolute Gasteiger partial charge is 0.122 e. The number of thiol groups is 1. The van der Waals surface area contributed by atoms with Crippen LogP contribution in [0.25, 0.3) is 0 Å². The number of halogens is 1. The number of ether oxygens (including phenoxy) is 1. The summed E-state index contributed by atoms with van der Waals surface area (Å²) in [4.78, 5) is 0. The van der Waals surface area contributed by atoms with Gasteiger partial charge in [-0.15, -0.1) is 0 Å². The Morgan fingerprint density at radius 2 is 2.21 bits per heavy atom. The molecule has 14 heavy (non-hydrogen) atoms. The van der Waals surface area contributed by atoms with Gasteiger partial charge in [0.15, 0.2) is 0 Å². The zero-order valence-corrected chi connectivity index (χ0v) is 10.1. The molecule has 1 atom stereocenters. The predicted molar refractivity (Wildman–Crippen MR) is 64.9 cm³/mol. The fourth-order valence-corrected chi connectivity index (χ4v) is 2.01. The SMILES string of the molecule is COc1ccc(Cl)cc1C(C)CCS. The molecule has 0 amide bonds. The lowest BCUT2D eigenvalue weighted by Crippen LogP contribution is -1.98. The van der Waals surface area contributed by atoms with Crippen LogP contribution in [-0.4, -0.2) is 12.9 Å². The second-order valence-corrected chi connectivity index (χ2v) is 4.18. The molecular weight excluding hydrogens is 216 g/mol. The summed E-state index contributed by atoms with van der Waals surface area (Å²) in [7, 11) is 1.68. The fraction of sp³-hybridized carbons (Fsp3) is 0.455. The summed E-state index contributed by atoms with van der Waals surface area (Å²) in [5.41, 5.74) is 1.16. The Hall–Kier alpha value is -0.340. The van der Waals surface area contributed by atoms with E-state index >= 15 is 0 Å². The van der Waals surface area contributed by atoms with Gasteiger partial charge in [0.1, 0.15) is 5.75 Å². The molecule has 0 saturated heterocycles. The first-order valence-electron chi connectivity index (χ1n) is 4.63. The molecule has 1 aromatic rings. The fourth-order valence-electron chi connectivity index (χ4n) is 1.44. The Bertz CT molecular complexity index is 301. The first-order valence-corrected chi connectivity index (χ1v) is 5.64. The third-order valence-electron chi connectivity index (χ3n) is 2.28. The molecule has 0 spiro atoms. The van der Waals surface area contributed by atoms with Gasteiger partial charge in [0.2, 0.25) is 0 Å². The molecule has 3 heteroatoms. The van der Waals surface area contributed by atoms with Gasteiger partial charge in [-0.25, -0.2) is 0 Å². The van der Waals surface area contributed by atoms with Crippen LogP contribution in [0.1, 0.15) is 24.8 Å². The lowest BCUT2D eigenvalue weighted by molar-refractivity contribution is 0.406. The second-order valence-electron chi connectivity index (χ2n) is 3.30. The molecule has 1 rings (SSSR count). The van der Waals surface area contributed by atoms with Gasteiger partial charge in [-0.1, -0.05) is 18.5 Å². The van der Waals surface area contributed by atoms with Gasteiger partial charge in [0, 0.05) is 5.02 Å². The van der Waals surface area contributed by atoms with Gasteiger partial charge >= 0.3 is 0 Å². The Morgan fingerprint density at radius 1 is 1.50 bits per heavy atom. The Balaban J connectivity index is 2.97. The van der Waals surface area contributed by atoms with E-state index in [4.69, 9.17) is 16.3 Å². The van der Waals surface area contributed by atoms with E-state index in [9.17, 15) is 0 Å². The average Bonchev–Trinajstić information content (AvgIpc) is 2.18. The Morgan fingerprint density at radius 3 is 2.79 bits per heavy atom. The number of rotatable bonds is 4. The highest BCUT2D eigenvalue weighted by Crippen LogP contribution is 2.31. The van der Waals surface area contributed by atoms with E-state index in [0.29, 0.717) is 5.92 Å². The van der Waals surface area contributed by atoms with E-state index in [2.05, 4.69) is 19.6 Å². The van der Waals surface area contributed by atoms with E-state index in [1.165, 1.54) is 0 Å². The number of methoxy groups -OCH3 is 1. The predicted octanol–water partition coefficient (Wildman–Crippen LogP) is 3.77. The highest BCUT2D eigenvalue weighted by Gasteiger charge is 2.10. The first kappa shape index (κ1) is 11.7. The van der Waals surface area contributed by atoms with Crippen LogP contribution in [0, 0.1) is 0 Å². The maximum atomic E-state index is 5.94. The molecule has 0 aliphatic rings. The lowest BCUT2D eigenvalue weighted by atomic mass is 9.98. The summed E-state index contributed by atoms with van der Waals surface area (Å²) in [6.07, 6.45) is 1.03. The number of hydrogen-bond donors (Lipinski definition) is 1. The van der Waals surface area contributed by atoms with Gasteiger partial charge in [-0.05, 0) is 41.9 Å². The van der Waals surface area contributed by atoms with Gasteiger partial charge in [-0.3, -0.25) is 0 Å². The molecule has 0 fully saturated rings. The molecule has 0 aliphatic heterocycles. The van der Waals surface area contributed by atoms with Crippen molar-refractivity contribution in [2.75, 3.05) is 12.9 Å². The third-order valence-corrected chi connectivity index (χ3v) is 2.78. The minimum absolute atomic E-state index is 0.432. The van der Waals surface area contributed by atoms with Crippen molar-refractivity contribution in [3.63, 3.8) is 0 Å². The van der Waals surface area contributed by atoms with Crippen LogP contribution in [0.4, 0.5) is 0 Å². The summed E-state index contributed by atoms with van der Waals surface area (Å²) in [6, 6.07) is 5.72. The van der Waals surface area contributed by atoms with Crippen LogP contribution in [0.5, 0.6) is 5.75 Å². The molecule has 1 aromatic carbocycles. The van der Waals surface area contributed by atoms with E-state index in [0.717, 1.165) is 28.5 Å². The first-order chi connectivity index (χ1) is 6.69. The van der Waals surface area contributed by atoms with Crippen molar-refractivity contribution in [1.82, 2.24) is 0 Å². The average molecular weight is 231 g/mol. The summed E-state index contributed by atoms with van der Waals surface area (Å²) in [6.45, 7) is 2.16. The van der Waals surface area contributed by atoms with E-state index in [1.807, 2.05) is 18.2 Å². The van der Waals surface area contributed by atoms with Crippen LogP contribution in [0.3, 0.4) is 0 Å². The van der Waals surface area contributed by atoms with Crippen LogP contribution in [-0.2, 0) is 0 Å². The summed E-state index contributed by atoms with van der Waals surface area (Å²) < 4.78 is 5.28. The second kappa shape index (κ2) is 5.52. The largest absolute Gasteiger partial charge is 0.496 e. The maximum absolute atomic E-state index is 5.94. The van der Waals surface area contributed by atoms with Crippen LogP contribution < -0.4 is 4.74 Å². The summed E-state index contributed by atoms with van der Waals surface area (Å²) in [5.74, 6) is 2.21. The minimum atomic E-state index is 0.432. The molecule has 0 bridgehead atoms. The van der Waals surface area contributed by atoms with E-state index < -0.39 is 0 Å². The van der Waals surface area contributed by atoms with Crippen LogP contribution in [0.15, 0.2) is 18.2 Å². The van der Waals surface area contributed by atoms with Crippen LogP contribution in [0.2, 0.25) is 5.02 Å². The molecule has 0 aromatic heterocycles. The standard InChI is InChI=1S/C11H15ClOS/c1-8(5-6-14)10-7-9(12)3-4-11(10)13-2/h3-4,7-8,14H,5-6H2,1-2H3. The van der Waals surface area contributed by atoms with Gasteiger partial charge in [0.25, 0.3) is 0 Å². The summed E-state index contributed by atoms with van der Waals surface area (Å²) >= 11 is 10.2. The molecule has 1 unspecified atom stereocenters. The maximum Gasteiger partial charge on any atom is 0.122 e. The third kappa shape index (κ3) is 2.82. The van der Waals surface area contributed by atoms with Crippen molar-refractivity contribution >= 4 is 24.2 Å². The molecule has 0 N–H and O–H groups in total. The molecule has 0 aliphatic carbocycles. The molecule has 0 heterocycles. The van der Waals surface area contributed by atoms with Crippen molar-refractivity contribution < 1.29 is 4.74 Å². The normalized spacial score (nSPS) is 12.6. The molecule has 78 valence electrons. The summed E-state index contributed by atoms with van der Waals surface area (Å²) in [5, 5.41) is 0.756. The zero-order valence-electron chi connectivity index (χ0n) is 8.46. The van der Waals surface area contributed by atoms with Gasteiger partial charge < -0.3 is 4.74 Å². The topological polar surface area (TPSA) is 9.23 Å². The molecule has 0 radical (unpaired) electrons. The van der Waals surface area contributed by atoms with Crippen molar-refractivity contribution in [1.29, 1.82) is 0 Å². The number of benzene rings is 1. The zero-order chi connectivity index (χ0) is 10.6. The highest BCUT2D eigenvalue weighted by atomic mass is 35.5. The van der Waals surface area contributed by atoms with Gasteiger partial charge in [-0.2, -0.15) is 12.6 Å². The van der Waals surface area contributed by atoms with Gasteiger partial charge in [0.05, 0.1) is 7.11 Å². The minimum Gasteiger partial charge on any atom is -0.496 e. The molecular formula is C11H15ClOS. The number of hydrogen-bond acceptors (Lipinski definition) is 2. The monoisotopic (exact) mass is 230 g/mol. The highest BCUT2D eigenvalue weighted by molar-refractivity contribution is 7.80.